The van der Waals surface area contributed by atoms with Gasteiger partial charge in [-0.2, -0.15) is 0 Å². The van der Waals surface area contributed by atoms with Crippen LogP contribution in [0.2, 0.25) is 0 Å². The molecule has 1 N–H and O–H groups in total. The maximum absolute atomic E-state index is 14.7. The molecule has 3 atom stereocenters. The van der Waals surface area contributed by atoms with E-state index < -0.39 is 11.5 Å². The summed E-state index contributed by atoms with van der Waals surface area (Å²) in [5, 5.41) is 11.8. The molecule has 0 bridgehead atoms. The van der Waals surface area contributed by atoms with Gasteiger partial charge in [0.2, 0.25) is 5.91 Å². The van der Waals surface area contributed by atoms with Gasteiger partial charge >= 0.3 is 0 Å². The van der Waals surface area contributed by atoms with Gasteiger partial charge in [-0.15, -0.1) is 0 Å². The monoisotopic (exact) mass is 499 g/mol. The van der Waals surface area contributed by atoms with E-state index in [1.54, 1.807) is 14.2 Å². The van der Waals surface area contributed by atoms with Crippen LogP contribution in [0.15, 0.2) is 66.7 Å². The highest BCUT2D eigenvalue weighted by molar-refractivity contribution is 5.90. The van der Waals surface area contributed by atoms with E-state index in [9.17, 15) is 9.90 Å². The first kappa shape index (κ1) is 23.9. The number of amides is 1. The smallest absolute Gasteiger partial charge is 0.235 e. The van der Waals surface area contributed by atoms with Crippen molar-refractivity contribution in [2.75, 3.05) is 20.8 Å². The second-order valence-corrected chi connectivity index (χ2v) is 10.4. The maximum Gasteiger partial charge on any atom is 0.235 e. The Balaban J connectivity index is 1.48. The molecule has 1 aliphatic carbocycles. The lowest BCUT2D eigenvalue weighted by Gasteiger charge is -2.53. The number of carbonyl (C=O) groups excluding carboxylic acids is 1. The third kappa shape index (κ3) is 3.95. The largest absolute Gasteiger partial charge is 0.497 e. The summed E-state index contributed by atoms with van der Waals surface area (Å²) in [7, 11) is 3.27. The molecule has 192 valence electrons. The van der Waals surface area contributed by atoms with Gasteiger partial charge in [-0.05, 0) is 43.5 Å². The average Bonchev–Trinajstić information content (AvgIpc) is 2.94. The van der Waals surface area contributed by atoms with Crippen LogP contribution in [0, 0.1) is 5.92 Å². The highest BCUT2D eigenvalue weighted by Gasteiger charge is 2.52. The summed E-state index contributed by atoms with van der Waals surface area (Å²) in [6, 6.07) is 21.1. The first-order chi connectivity index (χ1) is 18.0. The van der Waals surface area contributed by atoms with Gasteiger partial charge in [0, 0.05) is 35.2 Å². The van der Waals surface area contributed by atoms with E-state index in [2.05, 4.69) is 0 Å². The van der Waals surface area contributed by atoms with Crippen LogP contribution in [0.4, 0.5) is 0 Å². The van der Waals surface area contributed by atoms with Crippen LogP contribution in [0.1, 0.15) is 60.8 Å². The third-order valence-corrected chi connectivity index (χ3v) is 8.54. The van der Waals surface area contributed by atoms with Crippen LogP contribution < -0.4 is 14.2 Å². The van der Waals surface area contributed by atoms with Gasteiger partial charge < -0.3 is 24.2 Å². The van der Waals surface area contributed by atoms with Gasteiger partial charge in [-0.3, -0.25) is 4.79 Å². The summed E-state index contributed by atoms with van der Waals surface area (Å²) in [5.74, 6) is 2.26. The topological polar surface area (TPSA) is 68.2 Å². The number of piperidine rings is 1. The van der Waals surface area contributed by atoms with Crippen molar-refractivity contribution in [3.05, 3.63) is 83.4 Å². The summed E-state index contributed by atoms with van der Waals surface area (Å²) in [6.07, 6.45) is 4.24. The summed E-state index contributed by atoms with van der Waals surface area (Å²) in [6.45, 7) is 0.480. The van der Waals surface area contributed by atoms with Crippen LogP contribution in [0.3, 0.4) is 0 Å². The third-order valence-electron chi connectivity index (χ3n) is 8.54. The highest BCUT2D eigenvalue weighted by atomic mass is 16.5. The van der Waals surface area contributed by atoms with Gasteiger partial charge in [0.1, 0.15) is 23.0 Å². The quantitative estimate of drug-likeness (QED) is 0.489. The Bertz CT molecular complexity index is 1280. The number of benzene rings is 3. The Morgan fingerprint density at radius 3 is 2.30 bits per heavy atom. The predicted molar refractivity (Wildman–Crippen MR) is 140 cm³/mol. The molecule has 2 fully saturated rings. The van der Waals surface area contributed by atoms with E-state index in [1.165, 1.54) is 0 Å². The lowest BCUT2D eigenvalue weighted by atomic mass is 9.65. The van der Waals surface area contributed by atoms with Crippen molar-refractivity contribution in [1.82, 2.24) is 4.90 Å². The van der Waals surface area contributed by atoms with E-state index in [-0.39, 0.29) is 17.9 Å². The van der Waals surface area contributed by atoms with Gasteiger partial charge in [0.25, 0.3) is 0 Å². The van der Waals surface area contributed by atoms with Crippen molar-refractivity contribution in [1.29, 1.82) is 0 Å². The fraction of sp³-hybridized carbons (Fsp3) is 0.387. The second kappa shape index (κ2) is 9.42. The summed E-state index contributed by atoms with van der Waals surface area (Å²) in [5.41, 5.74) is 1.86. The van der Waals surface area contributed by atoms with E-state index in [4.69, 9.17) is 14.2 Å². The number of nitrogens with zero attached hydrogens (tertiary/aromatic N) is 1. The number of ether oxygens (including phenoxy) is 3. The van der Waals surface area contributed by atoms with Gasteiger partial charge in [0.15, 0.2) is 0 Å². The molecule has 3 unspecified atom stereocenters. The van der Waals surface area contributed by atoms with Gasteiger partial charge in [-0.1, -0.05) is 49.2 Å². The number of para-hydroxylation sites is 2. The molecule has 1 amide bonds. The Kier molecular flexibility index (Phi) is 6.07. The first-order valence-electron chi connectivity index (χ1n) is 13.1. The van der Waals surface area contributed by atoms with Crippen molar-refractivity contribution in [3.63, 3.8) is 0 Å². The minimum atomic E-state index is -0.796. The molecule has 2 heterocycles. The Morgan fingerprint density at radius 2 is 1.62 bits per heavy atom. The number of hydrogen-bond acceptors (Lipinski definition) is 5. The van der Waals surface area contributed by atoms with Crippen molar-refractivity contribution in [2.45, 2.75) is 49.7 Å². The second-order valence-electron chi connectivity index (χ2n) is 10.4. The van der Waals surface area contributed by atoms with E-state index in [0.717, 1.165) is 42.4 Å². The van der Waals surface area contributed by atoms with Crippen molar-refractivity contribution in [3.8, 4) is 23.0 Å². The van der Waals surface area contributed by atoms with Crippen molar-refractivity contribution in [2.24, 2.45) is 5.92 Å². The predicted octanol–water partition coefficient (Wildman–Crippen LogP) is 5.84. The minimum absolute atomic E-state index is 0.0266. The molecule has 6 rings (SSSR count). The summed E-state index contributed by atoms with van der Waals surface area (Å²) >= 11 is 0. The molecule has 0 radical (unpaired) electrons. The molecule has 6 nitrogen and oxygen atoms in total. The Hall–Kier alpha value is -3.51. The first-order valence-corrected chi connectivity index (χ1v) is 13.1. The summed E-state index contributed by atoms with van der Waals surface area (Å²) in [4.78, 5) is 16.7. The van der Waals surface area contributed by atoms with Crippen LogP contribution >= 0.6 is 0 Å². The zero-order valence-electron chi connectivity index (χ0n) is 21.4. The average molecular weight is 500 g/mol. The lowest BCUT2D eigenvalue weighted by molar-refractivity contribution is -0.156. The Labute approximate surface area is 217 Å². The molecule has 3 aromatic carbocycles. The van der Waals surface area contributed by atoms with Crippen molar-refractivity contribution >= 4 is 5.91 Å². The molecular formula is C31H33NO5. The fourth-order valence-corrected chi connectivity index (χ4v) is 6.72. The number of methoxy groups -OCH3 is 2. The number of hydrogen-bond donors (Lipinski definition) is 1. The maximum atomic E-state index is 14.7. The molecular weight excluding hydrogens is 466 g/mol. The Morgan fingerprint density at radius 1 is 0.919 bits per heavy atom. The van der Waals surface area contributed by atoms with E-state index >= 15 is 0 Å². The number of likely N-dealkylation sites (tertiary alicyclic amines) is 1. The molecule has 37 heavy (non-hydrogen) atoms. The molecule has 2 aliphatic heterocycles. The molecule has 3 aromatic rings. The van der Waals surface area contributed by atoms with Crippen molar-refractivity contribution < 1.29 is 24.1 Å². The SMILES string of the molecule is COc1ccc(C2C3CCCCC3(O)CCN2C(=O)C2c3ccccc3Oc3ccccc32)c(OC)c1. The molecule has 1 saturated heterocycles. The molecule has 0 aromatic heterocycles. The van der Waals surface area contributed by atoms with Crippen LogP contribution in [-0.2, 0) is 4.79 Å². The number of carbonyl (C=O) groups is 1. The van der Waals surface area contributed by atoms with Crippen LogP contribution in [0.25, 0.3) is 0 Å². The molecule has 1 saturated carbocycles. The fourth-order valence-electron chi connectivity index (χ4n) is 6.72. The normalized spacial score (nSPS) is 24.8. The van der Waals surface area contributed by atoms with Crippen LogP contribution in [-0.4, -0.2) is 42.3 Å². The minimum Gasteiger partial charge on any atom is -0.497 e. The zero-order chi connectivity index (χ0) is 25.6. The highest BCUT2D eigenvalue weighted by Crippen LogP contribution is 2.53. The van der Waals surface area contributed by atoms with Gasteiger partial charge in [-0.25, -0.2) is 0 Å². The number of fused-ring (bicyclic) bond motifs is 3. The summed E-state index contributed by atoms with van der Waals surface area (Å²) < 4.78 is 17.4. The molecule has 6 heteroatoms. The van der Waals surface area contributed by atoms with Gasteiger partial charge in [0.05, 0.1) is 31.8 Å². The standard InChI is InChI=1S/C31H33NO5/c1-35-20-14-15-23(27(19-20)36-2)29-24-11-7-8-16-31(24,34)17-18-32(29)30(33)28-21-9-3-5-12-25(21)37-26-13-6-4-10-22(26)28/h3-6,9-10,12-15,19,24,28-29,34H,7-8,11,16-18H2,1-2H3. The van der Waals surface area contributed by atoms with E-state index in [0.29, 0.717) is 36.0 Å². The molecule has 0 spiro atoms. The zero-order valence-corrected chi connectivity index (χ0v) is 21.4. The van der Waals surface area contributed by atoms with Crippen LogP contribution in [0.5, 0.6) is 23.0 Å². The number of aliphatic hydroxyl groups is 1. The lowest BCUT2D eigenvalue weighted by Crippen LogP contribution is -2.57. The number of rotatable bonds is 4. The molecule has 3 aliphatic rings. The van der Waals surface area contributed by atoms with E-state index in [1.807, 2.05) is 71.6 Å².